The van der Waals surface area contributed by atoms with Crippen molar-refractivity contribution >= 4 is 17.7 Å². The molecular formula is C12H19N5O2S. The van der Waals surface area contributed by atoms with Crippen molar-refractivity contribution in [2.75, 3.05) is 5.75 Å². The van der Waals surface area contributed by atoms with Crippen LogP contribution in [0.1, 0.15) is 44.6 Å². The minimum Gasteiger partial charge on any atom is -0.480 e. The number of carbonyl (C=O) groups is 1. The van der Waals surface area contributed by atoms with Crippen LogP contribution in [0.2, 0.25) is 0 Å². The Morgan fingerprint density at radius 3 is 3.00 bits per heavy atom. The molecule has 0 amide bonds. The Labute approximate surface area is 121 Å². The first-order chi connectivity index (χ1) is 9.61. The molecule has 2 fully saturated rings. The number of rotatable bonds is 6. The molecule has 0 bridgehead atoms. The molecule has 0 aromatic carbocycles. The zero-order valence-corrected chi connectivity index (χ0v) is 12.1. The molecule has 1 heterocycles. The third kappa shape index (κ3) is 2.54. The highest BCUT2D eigenvalue weighted by Gasteiger charge is 2.45. The van der Waals surface area contributed by atoms with Gasteiger partial charge in [-0.05, 0) is 48.4 Å². The maximum atomic E-state index is 11.3. The molecule has 3 rings (SSSR count). The molecule has 0 radical (unpaired) electrons. The maximum Gasteiger partial charge on any atom is 0.323 e. The smallest absolute Gasteiger partial charge is 0.323 e. The second-order valence-corrected chi connectivity index (χ2v) is 6.77. The molecule has 110 valence electrons. The molecule has 2 saturated carbocycles. The largest absolute Gasteiger partial charge is 0.480 e. The molecule has 2 unspecified atom stereocenters. The van der Waals surface area contributed by atoms with Crippen molar-refractivity contribution in [2.45, 2.75) is 55.3 Å². The molecule has 0 saturated heterocycles. The highest BCUT2D eigenvalue weighted by Crippen LogP contribution is 2.39. The van der Waals surface area contributed by atoms with Gasteiger partial charge in [0.05, 0.1) is 6.04 Å². The predicted molar refractivity (Wildman–Crippen MR) is 73.3 cm³/mol. The quantitative estimate of drug-likeness (QED) is 0.756. The van der Waals surface area contributed by atoms with E-state index in [1.165, 1.54) is 0 Å². The van der Waals surface area contributed by atoms with Gasteiger partial charge in [0.1, 0.15) is 5.54 Å². The Hall–Kier alpha value is -1.15. The van der Waals surface area contributed by atoms with E-state index < -0.39 is 11.5 Å². The lowest BCUT2D eigenvalue weighted by Crippen LogP contribution is -2.51. The van der Waals surface area contributed by atoms with Crippen LogP contribution in [-0.4, -0.2) is 42.6 Å². The molecule has 2 aliphatic rings. The van der Waals surface area contributed by atoms with Gasteiger partial charge in [-0.15, -0.1) is 5.10 Å². The van der Waals surface area contributed by atoms with Gasteiger partial charge < -0.3 is 10.8 Å². The first-order valence-corrected chi connectivity index (χ1v) is 8.03. The van der Waals surface area contributed by atoms with E-state index in [0.29, 0.717) is 12.5 Å². The standard InChI is InChI=1S/C12H19N5O2S/c13-12(10(18)19)6-1-2-8(12)5-7-20-11-14-15-16-17(11)9-3-4-9/h8-9H,1-7,13H2,(H,18,19). The number of tetrazole rings is 1. The van der Waals surface area contributed by atoms with Gasteiger partial charge in [0.2, 0.25) is 5.16 Å². The zero-order chi connectivity index (χ0) is 14.2. The number of hydrogen-bond donors (Lipinski definition) is 2. The van der Waals surface area contributed by atoms with Gasteiger partial charge in [-0.3, -0.25) is 4.79 Å². The fourth-order valence-corrected chi connectivity index (χ4v) is 3.90. The molecule has 20 heavy (non-hydrogen) atoms. The molecule has 1 aromatic heterocycles. The SMILES string of the molecule is NC1(C(=O)O)CCCC1CCSc1nnnn1C1CC1. The second kappa shape index (κ2) is 5.33. The van der Waals surface area contributed by atoms with E-state index >= 15 is 0 Å². The summed E-state index contributed by atoms with van der Waals surface area (Å²) in [4.78, 5) is 11.3. The number of thioether (sulfide) groups is 1. The topological polar surface area (TPSA) is 107 Å². The Balaban J connectivity index is 1.54. The summed E-state index contributed by atoms with van der Waals surface area (Å²) >= 11 is 1.60. The van der Waals surface area contributed by atoms with Crippen molar-refractivity contribution in [3.05, 3.63) is 0 Å². The highest BCUT2D eigenvalue weighted by molar-refractivity contribution is 7.99. The summed E-state index contributed by atoms with van der Waals surface area (Å²) < 4.78 is 1.88. The number of carboxylic acids is 1. The van der Waals surface area contributed by atoms with Crippen LogP contribution in [0.5, 0.6) is 0 Å². The van der Waals surface area contributed by atoms with Crippen LogP contribution in [0.3, 0.4) is 0 Å². The Kier molecular flexibility index (Phi) is 3.68. The number of hydrogen-bond acceptors (Lipinski definition) is 6. The van der Waals surface area contributed by atoms with E-state index in [1.54, 1.807) is 11.8 Å². The predicted octanol–water partition coefficient (Wildman–Crippen LogP) is 1.07. The summed E-state index contributed by atoms with van der Waals surface area (Å²) in [5.41, 5.74) is 5.00. The van der Waals surface area contributed by atoms with Crippen LogP contribution >= 0.6 is 11.8 Å². The van der Waals surface area contributed by atoms with Crippen LogP contribution in [0.15, 0.2) is 5.16 Å². The minimum absolute atomic E-state index is 0.0535. The number of carboxylic acid groups (broad SMARTS) is 1. The lowest BCUT2D eigenvalue weighted by atomic mass is 9.86. The van der Waals surface area contributed by atoms with Gasteiger partial charge in [-0.25, -0.2) is 4.68 Å². The lowest BCUT2D eigenvalue weighted by Gasteiger charge is -2.26. The second-order valence-electron chi connectivity index (χ2n) is 5.71. The average molecular weight is 297 g/mol. The number of nitrogens with two attached hydrogens (primary N) is 1. The summed E-state index contributed by atoms with van der Waals surface area (Å²) in [5, 5.41) is 21.9. The number of nitrogens with zero attached hydrogens (tertiary/aromatic N) is 4. The van der Waals surface area contributed by atoms with Crippen LogP contribution in [0.4, 0.5) is 0 Å². The molecule has 2 atom stereocenters. The van der Waals surface area contributed by atoms with Crippen LogP contribution < -0.4 is 5.73 Å². The maximum absolute atomic E-state index is 11.3. The molecule has 8 heteroatoms. The van der Waals surface area contributed by atoms with Gasteiger partial charge in [-0.2, -0.15) is 0 Å². The molecule has 7 nitrogen and oxygen atoms in total. The average Bonchev–Trinajstić information content (AvgIpc) is 3.04. The molecule has 1 aromatic rings. The summed E-state index contributed by atoms with van der Waals surface area (Å²) in [7, 11) is 0. The summed E-state index contributed by atoms with van der Waals surface area (Å²) in [5.74, 6) is -0.00477. The van der Waals surface area contributed by atoms with Gasteiger partial charge in [-0.1, -0.05) is 18.2 Å². The van der Waals surface area contributed by atoms with Crippen molar-refractivity contribution < 1.29 is 9.90 Å². The summed E-state index contributed by atoms with van der Waals surface area (Å²) in [6.45, 7) is 0. The molecular weight excluding hydrogens is 278 g/mol. The lowest BCUT2D eigenvalue weighted by molar-refractivity contribution is -0.144. The first-order valence-electron chi connectivity index (χ1n) is 7.04. The highest BCUT2D eigenvalue weighted by atomic mass is 32.2. The fourth-order valence-electron chi connectivity index (χ4n) is 2.91. The minimum atomic E-state index is -1.04. The van der Waals surface area contributed by atoms with Gasteiger partial charge in [0.15, 0.2) is 0 Å². The normalized spacial score (nSPS) is 29.8. The zero-order valence-electron chi connectivity index (χ0n) is 11.2. The Morgan fingerprint density at radius 2 is 2.30 bits per heavy atom. The van der Waals surface area contributed by atoms with Crippen molar-refractivity contribution in [1.29, 1.82) is 0 Å². The summed E-state index contributed by atoms with van der Waals surface area (Å²) in [6, 6.07) is 0.464. The van der Waals surface area contributed by atoms with E-state index in [1.807, 2.05) is 4.68 Å². The molecule has 2 aliphatic carbocycles. The first kappa shape index (κ1) is 13.8. The van der Waals surface area contributed by atoms with E-state index in [-0.39, 0.29) is 5.92 Å². The van der Waals surface area contributed by atoms with Crippen molar-refractivity contribution in [2.24, 2.45) is 11.7 Å². The van der Waals surface area contributed by atoms with Crippen LogP contribution in [0, 0.1) is 5.92 Å². The molecule has 3 N–H and O–H groups in total. The third-order valence-corrected chi connectivity index (χ3v) is 5.29. The van der Waals surface area contributed by atoms with Crippen molar-refractivity contribution in [3.8, 4) is 0 Å². The van der Waals surface area contributed by atoms with Crippen LogP contribution in [0.25, 0.3) is 0 Å². The van der Waals surface area contributed by atoms with Gasteiger partial charge >= 0.3 is 5.97 Å². The van der Waals surface area contributed by atoms with Gasteiger partial charge in [0, 0.05) is 5.75 Å². The molecule has 0 aliphatic heterocycles. The third-order valence-electron chi connectivity index (χ3n) is 4.32. The number of aromatic nitrogens is 4. The van der Waals surface area contributed by atoms with Crippen molar-refractivity contribution in [1.82, 2.24) is 20.2 Å². The van der Waals surface area contributed by atoms with Gasteiger partial charge in [0.25, 0.3) is 0 Å². The monoisotopic (exact) mass is 297 g/mol. The van der Waals surface area contributed by atoms with E-state index in [0.717, 1.165) is 43.0 Å². The summed E-state index contributed by atoms with van der Waals surface area (Å²) in [6.07, 6.45) is 5.47. The molecule has 0 spiro atoms. The van der Waals surface area contributed by atoms with E-state index in [4.69, 9.17) is 5.73 Å². The Bertz CT molecular complexity index is 504. The van der Waals surface area contributed by atoms with E-state index in [2.05, 4.69) is 15.5 Å². The van der Waals surface area contributed by atoms with E-state index in [9.17, 15) is 9.90 Å². The number of aliphatic carboxylic acids is 1. The van der Waals surface area contributed by atoms with Crippen molar-refractivity contribution in [3.63, 3.8) is 0 Å². The van der Waals surface area contributed by atoms with Crippen LogP contribution in [-0.2, 0) is 4.79 Å². The fraction of sp³-hybridized carbons (Fsp3) is 0.833. The Morgan fingerprint density at radius 1 is 1.50 bits per heavy atom.